The SMILES string of the molecule is COC(=O)C(CC(C)C)NS(=O)(=O)Cc1ccc(N)cc1. The van der Waals surface area contributed by atoms with Gasteiger partial charge >= 0.3 is 5.97 Å². The second-order valence-corrected chi connectivity index (χ2v) is 7.08. The maximum absolute atomic E-state index is 12.1. The van der Waals surface area contributed by atoms with Crippen LogP contribution in [-0.4, -0.2) is 27.5 Å². The van der Waals surface area contributed by atoms with Crippen LogP contribution in [0.5, 0.6) is 0 Å². The molecule has 1 aromatic carbocycles. The number of methoxy groups -OCH3 is 1. The summed E-state index contributed by atoms with van der Waals surface area (Å²) in [4.78, 5) is 11.7. The van der Waals surface area contributed by atoms with Gasteiger partial charge in [-0.15, -0.1) is 0 Å². The van der Waals surface area contributed by atoms with Gasteiger partial charge in [0.2, 0.25) is 10.0 Å². The van der Waals surface area contributed by atoms with Gasteiger partial charge in [0, 0.05) is 5.69 Å². The zero-order valence-electron chi connectivity index (χ0n) is 12.5. The summed E-state index contributed by atoms with van der Waals surface area (Å²) in [6, 6.07) is 5.69. The van der Waals surface area contributed by atoms with E-state index in [0.29, 0.717) is 17.7 Å². The van der Waals surface area contributed by atoms with E-state index in [1.165, 1.54) is 7.11 Å². The highest BCUT2D eigenvalue weighted by atomic mass is 32.2. The van der Waals surface area contributed by atoms with Gasteiger partial charge in [-0.1, -0.05) is 26.0 Å². The number of nitrogens with two attached hydrogens (primary N) is 1. The fourth-order valence-corrected chi connectivity index (χ4v) is 3.24. The normalized spacial score (nSPS) is 13.1. The van der Waals surface area contributed by atoms with Crippen molar-refractivity contribution >= 4 is 21.7 Å². The van der Waals surface area contributed by atoms with Crippen LogP contribution in [0.15, 0.2) is 24.3 Å². The molecule has 1 atom stereocenters. The first kappa shape index (κ1) is 17.5. The molecule has 7 heteroatoms. The third kappa shape index (κ3) is 6.14. The number of carbonyl (C=O) groups excluding carboxylic acids is 1. The standard InChI is InChI=1S/C14H22N2O4S/c1-10(2)8-13(14(17)20-3)16-21(18,19)9-11-4-6-12(15)7-5-11/h4-7,10,13,16H,8-9,15H2,1-3H3. The average molecular weight is 314 g/mol. The van der Waals surface area contributed by atoms with Crippen LogP contribution in [0.25, 0.3) is 0 Å². The highest BCUT2D eigenvalue weighted by Gasteiger charge is 2.26. The van der Waals surface area contributed by atoms with Gasteiger partial charge in [0.25, 0.3) is 0 Å². The van der Waals surface area contributed by atoms with Crippen LogP contribution < -0.4 is 10.5 Å². The van der Waals surface area contributed by atoms with Gasteiger partial charge in [0.1, 0.15) is 6.04 Å². The Labute approximate surface area is 125 Å². The number of sulfonamides is 1. The summed E-state index contributed by atoms with van der Waals surface area (Å²) in [5, 5.41) is 0. The van der Waals surface area contributed by atoms with E-state index < -0.39 is 22.0 Å². The number of hydrogen-bond acceptors (Lipinski definition) is 5. The molecule has 0 aromatic heterocycles. The minimum Gasteiger partial charge on any atom is -0.468 e. The van der Waals surface area contributed by atoms with Crippen molar-refractivity contribution in [3.8, 4) is 0 Å². The van der Waals surface area contributed by atoms with E-state index in [9.17, 15) is 13.2 Å². The molecule has 0 aliphatic rings. The van der Waals surface area contributed by atoms with Crippen molar-refractivity contribution in [3.63, 3.8) is 0 Å². The van der Waals surface area contributed by atoms with Gasteiger partial charge in [0.15, 0.2) is 0 Å². The molecule has 1 aromatic rings. The first-order valence-corrected chi connectivity index (χ1v) is 8.31. The zero-order chi connectivity index (χ0) is 16.0. The van der Waals surface area contributed by atoms with Crippen molar-refractivity contribution < 1.29 is 17.9 Å². The number of rotatable bonds is 7. The average Bonchev–Trinajstić information content (AvgIpc) is 2.38. The number of esters is 1. The Kier molecular flexibility index (Phi) is 6.17. The maximum Gasteiger partial charge on any atom is 0.323 e. The Hall–Kier alpha value is -1.60. The predicted octanol–water partition coefficient (Wildman–Crippen LogP) is 1.28. The molecule has 3 N–H and O–H groups in total. The van der Waals surface area contributed by atoms with E-state index >= 15 is 0 Å². The van der Waals surface area contributed by atoms with Crippen LogP contribution in [0.2, 0.25) is 0 Å². The number of ether oxygens (including phenoxy) is 1. The predicted molar refractivity (Wildman–Crippen MR) is 81.9 cm³/mol. The van der Waals surface area contributed by atoms with Crippen molar-refractivity contribution in [1.29, 1.82) is 0 Å². The molecule has 21 heavy (non-hydrogen) atoms. The lowest BCUT2D eigenvalue weighted by atomic mass is 10.1. The van der Waals surface area contributed by atoms with Gasteiger partial charge in [-0.25, -0.2) is 13.1 Å². The third-order valence-electron chi connectivity index (χ3n) is 2.85. The molecule has 0 heterocycles. The van der Waals surface area contributed by atoms with Crippen LogP contribution >= 0.6 is 0 Å². The number of nitrogen functional groups attached to an aromatic ring is 1. The summed E-state index contributed by atoms with van der Waals surface area (Å²) in [5.74, 6) is -0.628. The molecule has 0 saturated heterocycles. The third-order valence-corrected chi connectivity index (χ3v) is 4.21. The molecule has 0 aliphatic heterocycles. The molecule has 0 saturated carbocycles. The monoisotopic (exact) mass is 314 g/mol. The van der Waals surface area contributed by atoms with Crippen molar-refractivity contribution in [2.75, 3.05) is 12.8 Å². The maximum atomic E-state index is 12.1. The largest absolute Gasteiger partial charge is 0.468 e. The summed E-state index contributed by atoms with van der Waals surface area (Å²) >= 11 is 0. The van der Waals surface area contributed by atoms with Crippen LogP contribution in [0.4, 0.5) is 5.69 Å². The van der Waals surface area contributed by atoms with Crippen molar-refractivity contribution in [1.82, 2.24) is 4.72 Å². The molecule has 0 spiro atoms. The quantitative estimate of drug-likeness (QED) is 0.583. The van der Waals surface area contributed by atoms with Crippen LogP contribution in [0, 0.1) is 5.92 Å². The molecule has 0 bridgehead atoms. The van der Waals surface area contributed by atoms with E-state index in [2.05, 4.69) is 9.46 Å². The molecule has 6 nitrogen and oxygen atoms in total. The fraction of sp³-hybridized carbons (Fsp3) is 0.500. The minimum absolute atomic E-state index is 0.160. The molecule has 0 amide bonds. The van der Waals surface area contributed by atoms with Gasteiger partial charge in [-0.2, -0.15) is 0 Å². The first-order chi connectivity index (χ1) is 9.73. The summed E-state index contributed by atoms with van der Waals surface area (Å²) in [6.45, 7) is 3.81. The topological polar surface area (TPSA) is 98.5 Å². The molecule has 0 radical (unpaired) electrons. The summed E-state index contributed by atoms with van der Waals surface area (Å²) in [7, 11) is -2.40. The highest BCUT2D eigenvalue weighted by Crippen LogP contribution is 2.12. The lowest BCUT2D eigenvalue weighted by Gasteiger charge is -2.18. The Morgan fingerprint density at radius 1 is 1.29 bits per heavy atom. The van der Waals surface area contributed by atoms with Gasteiger partial charge in [-0.05, 0) is 30.0 Å². The lowest BCUT2D eigenvalue weighted by Crippen LogP contribution is -2.42. The van der Waals surface area contributed by atoms with E-state index in [4.69, 9.17) is 5.73 Å². The fourth-order valence-electron chi connectivity index (χ4n) is 1.90. The van der Waals surface area contributed by atoms with Crippen LogP contribution in [0.1, 0.15) is 25.8 Å². The Morgan fingerprint density at radius 2 is 1.86 bits per heavy atom. The van der Waals surface area contributed by atoms with Gasteiger partial charge < -0.3 is 10.5 Å². The lowest BCUT2D eigenvalue weighted by molar-refractivity contribution is -0.143. The molecular weight excluding hydrogens is 292 g/mol. The van der Waals surface area contributed by atoms with Crippen LogP contribution in [0.3, 0.4) is 0 Å². The second kappa shape index (κ2) is 7.42. The van der Waals surface area contributed by atoms with Crippen molar-refractivity contribution in [2.24, 2.45) is 5.92 Å². The molecule has 1 rings (SSSR count). The molecule has 0 fully saturated rings. The smallest absolute Gasteiger partial charge is 0.323 e. The van der Waals surface area contributed by atoms with Crippen LogP contribution in [-0.2, 0) is 25.3 Å². The van der Waals surface area contributed by atoms with E-state index in [0.717, 1.165) is 0 Å². The number of carbonyl (C=O) groups is 1. The van der Waals surface area contributed by atoms with Crippen molar-refractivity contribution in [3.05, 3.63) is 29.8 Å². The number of anilines is 1. The van der Waals surface area contributed by atoms with E-state index in [1.54, 1.807) is 24.3 Å². The Morgan fingerprint density at radius 3 is 2.33 bits per heavy atom. The summed E-state index contributed by atoms with van der Waals surface area (Å²) < 4.78 is 31.3. The second-order valence-electron chi connectivity index (χ2n) is 5.32. The minimum atomic E-state index is -3.64. The number of hydrogen-bond donors (Lipinski definition) is 2. The Bertz CT molecular complexity index is 567. The zero-order valence-corrected chi connectivity index (χ0v) is 13.3. The molecule has 118 valence electrons. The summed E-state index contributed by atoms with van der Waals surface area (Å²) in [5.41, 5.74) is 6.73. The first-order valence-electron chi connectivity index (χ1n) is 6.65. The van der Waals surface area contributed by atoms with Gasteiger partial charge in [0.05, 0.1) is 12.9 Å². The Balaban J connectivity index is 2.80. The van der Waals surface area contributed by atoms with Crippen molar-refractivity contribution in [2.45, 2.75) is 32.1 Å². The summed E-state index contributed by atoms with van der Waals surface area (Å²) in [6.07, 6.45) is 0.383. The highest BCUT2D eigenvalue weighted by molar-refractivity contribution is 7.88. The van der Waals surface area contributed by atoms with Gasteiger partial charge in [-0.3, -0.25) is 4.79 Å². The molecule has 1 unspecified atom stereocenters. The number of benzene rings is 1. The molecular formula is C14H22N2O4S. The molecule has 0 aliphatic carbocycles. The van der Waals surface area contributed by atoms with E-state index in [1.807, 2.05) is 13.8 Å². The number of nitrogens with one attached hydrogen (secondary N) is 1. The van der Waals surface area contributed by atoms with E-state index in [-0.39, 0.29) is 11.7 Å².